The molecule has 0 bridgehead atoms. The first-order chi connectivity index (χ1) is 54.1. The van der Waals surface area contributed by atoms with Crippen molar-refractivity contribution in [1.29, 1.82) is 0 Å². The van der Waals surface area contributed by atoms with E-state index in [2.05, 4.69) is 300 Å². The van der Waals surface area contributed by atoms with Gasteiger partial charge in [-0.25, -0.2) is 18.3 Å². The first kappa shape index (κ1) is 75.1. The number of aryl methyl sites for hydroxylation is 16. The van der Waals surface area contributed by atoms with Gasteiger partial charge in [-0.05, 0) is 340 Å². The maximum atomic E-state index is 2.52. The summed E-state index contributed by atoms with van der Waals surface area (Å²) in [5, 5.41) is 0. The second-order valence-electron chi connectivity index (χ2n) is 35.9. The minimum atomic E-state index is 0.753. The number of aromatic nitrogens is 4. The van der Waals surface area contributed by atoms with Gasteiger partial charge in [-0.3, -0.25) is 0 Å². The second-order valence-corrected chi connectivity index (χ2v) is 35.9. The van der Waals surface area contributed by atoms with Crippen molar-refractivity contribution in [2.75, 3.05) is 0 Å². The molecule has 568 valence electrons. The van der Waals surface area contributed by atoms with Crippen molar-refractivity contribution < 1.29 is 18.3 Å². The molecular formula is C108H120N4+4. The number of rotatable bonds is 8. The standard InChI is InChI=1S/4C27H30N/c1-17-12-13-23-22-11-7-10-21(20-8-5-6-9-20)24(22)15-25(23)27(17)26-14-18(2)19(3)16-28(26)4;1-17-12-13-23-24(26(17)25-14-18(2)19(3)16-28(25)4)15-21-10-7-11-22(27(21)23)20-8-5-6-9-20;1-17-9-12-23-24-14-21(20-7-5-6-8-20)10-11-22(24)15-25(23)27(17)26-13-18(2)19(3)16-28(26)4;1-17-9-11-24-23-12-10-21(20-7-5-6-8-20)14-22(23)15-25(24)27(17)26-13-18(2)19(3)16-28(26)4/h2*7,10-14,16,20H,5-6,8-9,15H2,1-4H3;2*9-14,16,20H,5-8,15H2,1-4H3/q4*+1. The molecule has 0 saturated heterocycles. The SMILES string of the molecule is Cc1cc(-c2c(C)ccc3c2Cc2c-3cccc2C2CCCC2)[n+](C)cc1C.Cc1cc(-c2c(C)ccc3c2Cc2cc(C4CCCC4)ccc2-3)[n+](C)cc1C.Cc1cc(-c2c(C)ccc3c2Cc2ccc(C4CCCC4)cc2-3)[n+](C)cc1C.Cc1cc(-c2c(C)ccc3c2Cc2cccc(C4CCCC4)c2-3)[n+](C)cc1C. The Morgan fingerprint density at radius 2 is 0.554 bits per heavy atom. The van der Waals surface area contributed by atoms with Gasteiger partial charge in [0.2, 0.25) is 22.8 Å². The van der Waals surface area contributed by atoms with Crippen LogP contribution >= 0.6 is 0 Å². The van der Waals surface area contributed by atoms with Crippen LogP contribution in [-0.2, 0) is 53.9 Å². The van der Waals surface area contributed by atoms with Crippen molar-refractivity contribution in [3.05, 3.63) is 304 Å². The molecule has 0 N–H and O–H groups in total. The molecule has 0 amide bonds. The van der Waals surface area contributed by atoms with Crippen LogP contribution in [0.25, 0.3) is 89.5 Å². The highest BCUT2D eigenvalue weighted by atomic mass is 14.9. The summed E-state index contributed by atoms with van der Waals surface area (Å²) in [6.07, 6.45) is 35.4. The second kappa shape index (κ2) is 30.7. The molecule has 8 aliphatic carbocycles. The topological polar surface area (TPSA) is 15.5 Å². The van der Waals surface area contributed by atoms with Gasteiger partial charge < -0.3 is 0 Å². The zero-order chi connectivity index (χ0) is 77.7. The third kappa shape index (κ3) is 13.8. The van der Waals surface area contributed by atoms with Crippen LogP contribution in [-0.4, -0.2) is 0 Å². The lowest BCUT2D eigenvalue weighted by Crippen LogP contribution is -2.32. The maximum absolute atomic E-state index is 2.52. The van der Waals surface area contributed by atoms with Crippen molar-refractivity contribution in [2.45, 2.75) is 235 Å². The summed E-state index contributed by atoms with van der Waals surface area (Å²) in [5.74, 6) is 3.08. The highest BCUT2D eigenvalue weighted by molar-refractivity contribution is 5.90. The highest BCUT2D eigenvalue weighted by Gasteiger charge is 2.36. The Hall–Kier alpha value is -9.64. The van der Waals surface area contributed by atoms with E-state index in [-0.39, 0.29) is 0 Å². The van der Waals surface area contributed by atoms with Crippen LogP contribution in [0.5, 0.6) is 0 Å². The molecule has 4 heteroatoms. The summed E-state index contributed by atoms with van der Waals surface area (Å²) in [6, 6.07) is 56.9. The van der Waals surface area contributed by atoms with Crippen molar-refractivity contribution >= 4 is 0 Å². The van der Waals surface area contributed by atoms with Gasteiger partial charge in [-0.1, -0.05) is 173 Å². The molecule has 4 heterocycles. The van der Waals surface area contributed by atoms with Crippen molar-refractivity contribution in [3.8, 4) is 89.5 Å². The average molecular weight is 1470 g/mol. The predicted molar refractivity (Wildman–Crippen MR) is 467 cm³/mol. The number of hydrogen-bond donors (Lipinski definition) is 0. The highest BCUT2D eigenvalue weighted by Crippen LogP contribution is 2.52. The Morgan fingerprint density at radius 1 is 0.223 bits per heavy atom. The van der Waals surface area contributed by atoms with Crippen LogP contribution in [0.1, 0.15) is 260 Å². The predicted octanol–water partition coefficient (Wildman–Crippen LogP) is 25.3. The molecule has 8 aromatic carbocycles. The van der Waals surface area contributed by atoms with Gasteiger partial charge >= 0.3 is 0 Å². The summed E-state index contributed by atoms with van der Waals surface area (Å²) in [6.45, 7) is 26.8. The van der Waals surface area contributed by atoms with E-state index in [0.717, 1.165) is 49.4 Å². The lowest BCUT2D eigenvalue weighted by atomic mass is 9.88. The molecule has 112 heavy (non-hydrogen) atoms. The van der Waals surface area contributed by atoms with Crippen molar-refractivity contribution in [1.82, 2.24) is 0 Å². The Balaban J connectivity index is 0.000000108. The number of benzene rings is 8. The molecule has 0 spiro atoms. The lowest BCUT2D eigenvalue weighted by molar-refractivity contribution is -0.660. The van der Waals surface area contributed by atoms with Crippen LogP contribution in [0.15, 0.2) is 170 Å². The maximum Gasteiger partial charge on any atom is 0.213 e. The van der Waals surface area contributed by atoms with Gasteiger partial charge in [-0.2, -0.15) is 0 Å². The van der Waals surface area contributed by atoms with E-state index in [4.69, 9.17) is 0 Å². The molecule has 12 aromatic rings. The monoisotopic (exact) mass is 1470 g/mol. The van der Waals surface area contributed by atoms with Crippen LogP contribution in [0.2, 0.25) is 0 Å². The molecule has 0 radical (unpaired) electrons. The minimum absolute atomic E-state index is 0.753. The Morgan fingerprint density at radius 3 is 1.02 bits per heavy atom. The molecule has 4 nitrogen and oxygen atoms in total. The fraction of sp³-hybridized carbons (Fsp3) is 0.370. The van der Waals surface area contributed by atoms with Crippen LogP contribution < -0.4 is 18.3 Å². The molecule has 4 fully saturated rings. The van der Waals surface area contributed by atoms with Gasteiger partial charge in [0, 0.05) is 46.5 Å². The van der Waals surface area contributed by atoms with Gasteiger partial charge in [0.25, 0.3) is 0 Å². The first-order valence-electron chi connectivity index (χ1n) is 43.0. The zero-order valence-corrected chi connectivity index (χ0v) is 70.4. The number of nitrogens with zero attached hydrogens (tertiary/aromatic N) is 4. The molecule has 0 unspecified atom stereocenters. The van der Waals surface area contributed by atoms with Crippen LogP contribution in [0, 0.1) is 83.1 Å². The molecule has 20 rings (SSSR count). The van der Waals surface area contributed by atoms with E-state index in [0.29, 0.717) is 0 Å². The summed E-state index contributed by atoms with van der Waals surface area (Å²) >= 11 is 0. The van der Waals surface area contributed by atoms with E-state index in [1.807, 2.05) is 0 Å². The van der Waals surface area contributed by atoms with E-state index in [1.54, 1.807) is 33.4 Å². The van der Waals surface area contributed by atoms with Gasteiger partial charge in [0.15, 0.2) is 24.8 Å². The Labute approximate surface area is 670 Å². The van der Waals surface area contributed by atoms with Gasteiger partial charge in [0.05, 0.1) is 22.3 Å². The summed E-state index contributed by atoms with van der Waals surface area (Å²) < 4.78 is 9.23. The number of pyridine rings is 4. The average Bonchev–Trinajstić information content (AvgIpc) is 1.60. The van der Waals surface area contributed by atoms with Gasteiger partial charge in [0.1, 0.15) is 28.2 Å². The quantitative estimate of drug-likeness (QED) is 0.135. The minimum Gasteiger partial charge on any atom is -0.201 e. The molecule has 0 aliphatic heterocycles. The number of fused-ring (bicyclic) bond motifs is 12. The van der Waals surface area contributed by atoms with Crippen molar-refractivity contribution in [2.24, 2.45) is 28.2 Å². The largest absolute Gasteiger partial charge is 0.213 e. The fourth-order valence-electron chi connectivity index (χ4n) is 21.9. The van der Waals surface area contributed by atoms with E-state index < -0.39 is 0 Å². The molecular weight excluding hydrogens is 1350 g/mol. The van der Waals surface area contributed by atoms with Crippen LogP contribution in [0.3, 0.4) is 0 Å². The summed E-state index contributed by atoms with van der Waals surface area (Å²) in [7, 11) is 8.74. The third-order valence-corrected chi connectivity index (χ3v) is 28.6. The van der Waals surface area contributed by atoms with Crippen molar-refractivity contribution in [3.63, 3.8) is 0 Å². The Bertz CT molecular complexity index is 5740. The summed E-state index contributed by atoms with van der Waals surface area (Å²) in [5.41, 5.74) is 57.8. The smallest absolute Gasteiger partial charge is 0.201 e. The first-order valence-corrected chi connectivity index (χ1v) is 43.0. The zero-order valence-electron chi connectivity index (χ0n) is 70.4. The number of hydrogen-bond acceptors (Lipinski definition) is 0. The normalized spacial score (nSPS) is 15.7. The molecule has 4 saturated carbocycles. The lowest BCUT2D eigenvalue weighted by Gasteiger charge is -2.16. The fourth-order valence-corrected chi connectivity index (χ4v) is 21.9. The van der Waals surface area contributed by atoms with E-state index >= 15 is 0 Å². The van der Waals surface area contributed by atoms with E-state index in [9.17, 15) is 0 Å². The molecule has 4 aromatic heterocycles. The molecule has 8 aliphatic rings. The van der Waals surface area contributed by atoms with E-state index in [1.165, 1.54) is 292 Å². The van der Waals surface area contributed by atoms with Gasteiger partial charge in [-0.15, -0.1) is 0 Å². The summed E-state index contributed by atoms with van der Waals surface area (Å²) in [4.78, 5) is 0. The Kier molecular flexibility index (Phi) is 20.6. The molecule has 0 atom stereocenters. The van der Waals surface area contributed by atoms with Crippen LogP contribution in [0.4, 0.5) is 0 Å². The third-order valence-electron chi connectivity index (χ3n) is 28.6.